The molecule has 0 N–H and O–H groups in total. The van der Waals surface area contributed by atoms with Crippen LogP contribution < -0.4 is 0 Å². The number of hydrogen-bond acceptors (Lipinski definition) is 3. The molecule has 0 saturated heterocycles. The van der Waals surface area contributed by atoms with Crippen molar-refractivity contribution in [2.45, 2.75) is 13.2 Å². The fraction of sp³-hybridized carbons (Fsp3) is 0.286. The maximum Gasteiger partial charge on any atom is 0.150 e. The second-order valence-corrected chi connectivity index (χ2v) is 1.99. The van der Waals surface area contributed by atoms with Gasteiger partial charge in [-0.3, -0.25) is 0 Å². The van der Waals surface area contributed by atoms with Crippen LogP contribution in [0.5, 0.6) is 0 Å². The molecule has 0 aromatic carbocycles. The normalized spacial score (nSPS) is 18.4. The lowest BCUT2D eigenvalue weighted by Crippen LogP contribution is -1.94. The third kappa shape index (κ3) is 1.66. The summed E-state index contributed by atoms with van der Waals surface area (Å²) in [4.78, 5) is 6.97. The van der Waals surface area contributed by atoms with Crippen molar-refractivity contribution in [3.8, 4) is 6.07 Å². The first-order valence-corrected chi connectivity index (χ1v) is 3.01. The molecule has 0 radical (unpaired) electrons. The molecule has 56 valence electrons. The van der Waals surface area contributed by atoms with Gasteiger partial charge >= 0.3 is 0 Å². The van der Waals surface area contributed by atoms with Gasteiger partial charge in [0.15, 0.2) is 5.15 Å². The zero-order valence-corrected chi connectivity index (χ0v) is 6.05. The highest BCUT2D eigenvalue weighted by molar-refractivity contribution is 6.30. The van der Waals surface area contributed by atoms with Gasteiger partial charge in [0.2, 0.25) is 0 Å². The van der Waals surface area contributed by atoms with Crippen LogP contribution in [0.2, 0.25) is 5.15 Å². The molecule has 0 aliphatic carbocycles. The highest BCUT2D eigenvalue weighted by Gasteiger charge is 2.01. The Kier molecular flexibility index (Phi) is 1.05. The van der Waals surface area contributed by atoms with E-state index in [0.29, 0.717) is 0 Å². The predicted molar refractivity (Wildman–Crippen MR) is 41.1 cm³/mol. The van der Waals surface area contributed by atoms with E-state index in [1.807, 2.05) is 0 Å². The molecule has 0 aliphatic rings. The van der Waals surface area contributed by atoms with Crippen molar-refractivity contribution < 1.29 is 6.85 Å². The van der Waals surface area contributed by atoms with E-state index >= 15 is 0 Å². The quantitative estimate of drug-likeness (QED) is 0.605. The maximum absolute atomic E-state index is 8.55. The molecule has 0 unspecified atom stereocenters. The van der Waals surface area contributed by atoms with Gasteiger partial charge < -0.3 is 0 Å². The van der Waals surface area contributed by atoms with E-state index in [1.54, 1.807) is 6.07 Å². The molecule has 1 rings (SSSR count). The molecule has 0 amide bonds. The van der Waals surface area contributed by atoms with Crippen molar-refractivity contribution in [2.24, 2.45) is 0 Å². The van der Waals surface area contributed by atoms with Gasteiger partial charge in [-0.05, 0) is 0 Å². The Labute approximate surface area is 76.7 Å². The smallest absolute Gasteiger partial charge is 0.150 e. The molecule has 0 aliphatic heterocycles. The number of nitrogens with zero attached hydrogens (tertiary/aromatic N) is 3. The van der Waals surface area contributed by atoms with E-state index in [9.17, 15) is 0 Å². The van der Waals surface area contributed by atoms with E-state index in [4.69, 9.17) is 23.7 Å². The van der Waals surface area contributed by atoms with Gasteiger partial charge in [-0.2, -0.15) is 5.26 Å². The predicted octanol–water partition coefficient (Wildman–Crippen LogP) is 1.56. The molecule has 1 aromatic heterocycles. The number of nitriles is 1. The van der Waals surface area contributed by atoms with E-state index < -0.39 is 19.0 Å². The summed E-state index contributed by atoms with van der Waals surface area (Å²) < 4.78 is 35.8. The molecular weight excluding hydrogens is 162 g/mol. The summed E-state index contributed by atoms with van der Waals surface area (Å²) in [5, 5.41) is 8.29. The van der Waals surface area contributed by atoms with Crippen molar-refractivity contribution in [3.63, 3.8) is 0 Å². The molecule has 4 heteroatoms. The molecule has 0 spiro atoms. The second kappa shape index (κ2) is 3.31. The zero-order chi connectivity index (χ0) is 12.6. The summed E-state index contributed by atoms with van der Waals surface area (Å²) in [7, 11) is 0. The first-order valence-electron chi connectivity index (χ1n) is 5.13. The Morgan fingerprint density at radius 1 is 2.00 bits per heavy atom. The number of halogens is 1. The second-order valence-electron chi connectivity index (χ2n) is 1.63. The maximum atomic E-state index is 8.55. The van der Waals surface area contributed by atoms with Crippen molar-refractivity contribution in [2.75, 3.05) is 0 Å². The Balaban J connectivity index is 3.27. The first-order chi connectivity index (χ1) is 7.20. The van der Waals surface area contributed by atoms with Gasteiger partial charge in [0.25, 0.3) is 0 Å². The Hall–Kier alpha value is -1.14. The van der Waals surface area contributed by atoms with Gasteiger partial charge in [-0.15, -0.1) is 0 Å². The highest BCUT2D eigenvalue weighted by Crippen LogP contribution is 2.09. The zero-order valence-electron chi connectivity index (χ0n) is 10.3. The summed E-state index contributed by atoms with van der Waals surface area (Å²) >= 11 is 5.56. The third-order valence-electron chi connectivity index (χ3n) is 0.975. The molecule has 11 heavy (non-hydrogen) atoms. The SMILES string of the molecule is [2H]C([2H])([2H])C([2H])([2H])c1ncc(C#N)c(Cl)n1. The summed E-state index contributed by atoms with van der Waals surface area (Å²) in [6, 6.07) is 1.69. The van der Waals surface area contributed by atoms with Crippen molar-refractivity contribution in [3.05, 3.63) is 22.7 Å². The van der Waals surface area contributed by atoms with Crippen LogP contribution in [-0.4, -0.2) is 9.97 Å². The topological polar surface area (TPSA) is 49.6 Å². The average Bonchev–Trinajstić information content (AvgIpc) is 2.15. The molecule has 1 heterocycles. The lowest BCUT2D eigenvalue weighted by Gasteiger charge is -1.95. The Morgan fingerprint density at radius 2 is 2.82 bits per heavy atom. The standard InChI is InChI=1S/C7H6ClN3/c1-2-6-10-4-5(3-9)7(8)11-6/h4H,2H2,1H3/i1D3,2D2. The lowest BCUT2D eigenvalue weighted by atomic mass is 10.3. The third-order valence-corrected chi connectivity index (χ3v) is 1.26. The van der Waals surface area contributed by atoms with Crippen LogP contribution in [0, 0.1) is 11.3 Å². The van der Waals surface area contributed by atoms with Crippen molar-refractivity contribution in [1.82, 2.24) is 9.97 Å². The average molecular weight is 173 g/mol. The van der Waals surface area contributed by atoms with Crippen LogP contribution in [0.25, 0.3) is 0 Å². The van der Waals surface area contributed by atoms with Gasteiger partial charge in [-0.1, -0.05) is 18.5 Å². The van der Waals surface area contributed by atoms with Gasteiger partial charge in [0.1, 0.15) is 17.5 Å². The van der Waals surface area contributed by atoms with E-state index in [-0.39, 0.29) is 10.7 Å². The van der Waals surface area contributed by atoms with Crippen LogP contribution in [-0.2, 0) is 6.37 Å². The Bertz CT molecular complexity index is 450. The summed E-state index contributed by atoms with van der Waals surface area (Å²) in [6.07, 6.45) is -1.71. The van der Waals surface area contributed by atoms with Crippen LogP contribution in [0.1, 0.15) is 25.1 Å². The molecule has 3 nitrogen and oxygen atoms in total. The monoisotopic (exact) mass is 172 g/mol. The summed E-state index contributed by atoms with van der Waals surface area (Å²) in [5.74, 6) is -0.559. The van der Waals surface area contributed by atoms with Crippen LogP contribution in [0.15, 0.2) is 6.20 Å². The summed E-state index contributed by atoms with van der Waals surface area (Å²) in [5.41, 5.74) is -0.0354. The number of hydrogen-bond donors (Lipinski definition) is 0. The first kappa shape index (κ1) is 3.51. The molecule has 0 saturated carbocycles. The van der Waals surface area contributed by atoms with Crippen molar-refractivity contribution in [1.29, 1.82) is 5.26 Å². The summed E-state index contributed by atoms with van der Waals surface area (Å²) in [6.45, 7) is -2.90. The number of aryl methyl sites for hydroxylation is 1. The van der Waals surface area contributed by atoms with E-state index in [1.165, 1.54) is 0 Å². The number of rotatable bonds is 1. The molecule has 0 fully saturated rings. The minimum atomic E-state index is -2.90. The van der Waals surface area contributed by atoms with E-state index in [2.05, 4.69) is 9.97 Å². The largest absolute Gasteiger partial charge is 0.240 e. The fourth-order valence-electron chi connectivity index (χ4n) is 0.496. The lowest BCUT2D eigenvalue weighted by molar-refractivity contribution is 0.936. The minimum Gasteiger partial charge on any atom is -0.240 e. The van der Waals surface area contributed by atoms with Gasteiger partial charge in [0, 0.05) is 19.4 Å². The molecule has 1 aromatic rings. The van der Waals surface area contributed by atoms with E-state index in [0.717, 1.165) is 6.20 Å². The number of aromatic nitrogens is 2. The van der Waals surface area contributed by atoms with Crippen LogP contribution >= 0.6 is 11.6 Å². The van der Waals surface area contributed by atoms with Crippen molar-refractivity contribution >= 4 is 11.6 Å². The van der Waals surface area contributed by atoms with Gasteiger partial charge in [-0.25, -0.2) is 9.97 Å². The Morgan fingerprint density at radius 3 is 3.36 bits per heavy atom. The fourth-order valence-corrected chi connectivity index (χ4v) is 0.667. The van der Waals surface area contributed by atoms with Crippen LogP contribution in [0.3, 0.4) is 0 Å². The molecule has 0 atom stereocenters. The highest BCUT2D eigenvalue weighted by atomic mass is 35.5. The minimum absolute atomic E-state index is 0.0354. The molecular formula is C7H6ClN3. The van der Waals surface area contributed by atoms with Gasteiger partial charge in [0.05, 0.1) is 0 Å². The van der Waals surface area contributed by atoms with Crippen LogP contribution in [0.4, 0.5) is 0 Å². The molecule has 0 bridgehead atoms.